The van der Waals surface area contributed by atoms with E-state index in [0.29, 0.717) is 42.7 Å². The largest absolute Gasteiger partial charge is 0.493 e. The van der Waals surface area contributed by atoms with Gasteiger partial charge in [-0.2, -0.15) is 0 Å². The molecule has 2 amide bonds. The van der Waals surface area contributed by atoms with Crippen LogP contribution in [0.1, 0.15) is 33.3 Å². The summed E-state index contributed by atoms with van der Waals surface area (Å²) < 4.78 is 11.3. The summed E-state index contributed by atoms with van der Waals surface area (Å²) in [6.07, 6.45) is 3.38. The van der Waals surface area contributed by atoms with Crippen molar-refractivity contribution in [1.82, 2.24) is 15.3 Å². The van der Waals surface area contributed by atoms with Crippen LogP contribution < -0.4 is 25.2 Å². The van der Waals surface area contributed by atoms with Crippen molar-refractivity contribution in [3.05, 3.63) is 58.9 Å². The first kappa shape index (κ1) is 23.8. The number of hydrogen-bond donors (Lipinski definition) is 2. The molecule has 3 aliphatic heterocycles. The summed E-state index contributed by atoms with van der Waals surface area (Å²) in [7, 11) is 0. The van der Waals surface area contributed by atoms with Gasteiger partial charge in [-0.1, -0.05) is 6.92 Å². The minimum absolute atomic E-state index is 0.0420. The predicted octanol–water partition coefficient (Wildman–Crippen LogP) is 2.78. The number of fused-ring (bicyclic) bond motifs is 1. The topological polar surface area (TPSA) is 109 Å². The number of carbonyl (C=O) groups excluding carboxylic acids is 2. The van der Waals surface area contributed by atoms with E-state index in [1.807, 2.05) is 18.2 Å². The van der Waals surface area contributed by atoms with Gasteiger partial charge in [0, 0.05) is 48.7 Å². The predicted molar refractivity (Wildman–Crippen MR) is 141 cm³/mol. The van der Waals surface area contributed by atoms with E-state index in [1.54, 1.807) is 28.7 Å². The van der Waals surface area contributed by atoms with Crippen molar-refractivity contribution in [2.24, 2.45) is 5.41 Å². The van der Waals surface area contributed by atoms with Gasteiger partial charge >= 0.3 is 0 Å². The van der Waals surface area contributed by atoms with Gasteiger partial charge in [0.2, 0.25) is 0 Å². The number of carbonyl (C=O) groups is 2. The van der Waals surface area contributed by atoms with Crippen LogP contribution in [0.2, 0.25) is 0 Å². The molecular weight excluding hydrogens is 492 g/mol. The zero-order valence-corrected chi connectivity index (χ0v) is 21.3. The Morgan fingerprint density at radius 1 is 1.27 bits per heavy atom. The second-order valence-electron chi connectivity index (χ2n) is 9.90. The summed E-state index contributed by atoms with van der Waals surface area (Å²) in [6.45, 7) is 7.96. The highest BCUT2D eigenvalue weighted by Crippen LogP contribution is 2.34. The summed E-state index contributed by atoms with van der Waals surface area (Å²) in [4.78, 5) is 38.6. The molecule has 2 aromatic heterocycles. The molecule has 5 heterocycles. The van der Waals surface area contributed by atoms with Crippen LogP contribution in [0.3, 0.4) is 0 Å². The number of ether oxygens (including phenoxy) is 2. The lowest BCUT2D eigenvalue weighted by molar-refractivity contribution is -0.120. The van der Waals surface area contributed by atoms with E-state index in [1.165, 1.54) is 11.3 Å². The Morgan fingerprint density at radius 3 is 2.89 bits per heavy atom. The van der Waals surface area contributed by atoms with E-state index in [0.717, 1.165) is 43.2 Å². The molecule has 1 aromatic carbocycles. The summed E-state index contributed by atoms with van der Waals surface area (Å²) in [6, 6.07) is 7.45. The van der Waals surface area contributed by atoms with Crippen molar-refractivity contribution in [3.63, 3.8) is 0 Å². The molecule has 0 spiro atoms. The monoisotopic (exact) mass is 520 g/mol. The van der Waals surface area contributed by atoms with Gasteiger partial charge in [-0.05, 0) is 29.8 Å². The molecule has 3 aliphatic rings. The Balaban J connectivity index is 1.13. The normalized spacial score (nSPS) is 18.4. The van der Waals surface area contributed by atoms with Gasteiger partial charge in [0.1, 0.15) is 11.4 Å². The Labute approximate surface area is 218 Å². The molecule has 0 radical (unpaired) electrons. The molecule has 3 aromatic rings. The SMILES string of the molecule is CC1(COc2ccc3c(c2)CN(c2nc(C(=O)Nc4cnccc4N4CCNCC4)cs2)C3=O)COC1. The second kappa shape index (κ2) is 9.73. The van der Waals surface area contributed by atoms with Crippen LogP contribution in [0, 0.1) is 5.41 Å². The fraction of sp³-hybridized carbons (Fsp3) is 0.385. The lowest BCUT2D eigenvalue weighted by atomic mass is 9.90. The third-order valence-corrected chi connectivity index (χ3v) is 7.69. The minimum Gasteiger partial charge on any atom is -0.493 e. The smallest absolute Gasteiger partial charge is 0.275 e. The van der Waals surface area contributed by atoms with Gasteiger partial charge in [0.25, 0.3) is 11.8 Å². The van der Waals surface area contributed by atoms with E-state index in [2.05, 4.69) is 32.4 Å². The first-order valence-electron chi connectivity index (χ1n) is 12.3. The molecule has 6 rings (SSSR count). The van der Waals surface area contributed by atoms with Crippen molar-refractivity contribution in [3.8, 4) is 5.75 Å². The van der Waals surface area contributed by atoms with Crippen LogP contribution in [0.5, 0.6) is 5.75 Å². The maximum atomic E-state index is 13.1. The van der Waals surface area contributed by atoms with Gasteiger partial charge in [-0.25, -0.2) is 4.98 Å². The molecule has 11 heteroatoms. The molecule has 0 unspecified atom stereocenters. The number of aromatic nitrogens is 2. The van der Waals surface area contributed by atoms with Crippen molar-refractivity contribution in [2.45, 2.75) is 13.5 Å². The second-order valence-corrected chi connectivity index (χ2v) is 10.7. The van der Waals surface area contributed by atoms with Crippen LogP contribution in [-0.2, 0) is 11.3 Å². The number of thiazole rings is 1. The van der Waals surface area contributed by atoms with E-state index in [9.17, 15) is 9.59 Å². The van der Waals surface area contributed by atoms with Crippen LogP contribution in [0.4, 0.5) is 16.5 Å². The lowest BCUT2D eigenvalue weighted by Crippen LogP contribution is -2.44. The number of benzene rings is 1. The maximum Gasteiger partial charge on any atom is 0.275 e. The number of amides is 2. The molecule has 0 bridgehead atoms. The zero-order chi connectivity index (χ0) is 25.4. The van der Waals surface area contributed by atoms with Crippen molar-refractivity contribution < 1.29 is 19.1 Å². The number of pyridine rings is 1. The number of rotatable bonds is 7. The summed E-state index contributed by atoms with van der Waals surface area (Å²) in [5, 5.41) is 8.45. The molecule has 0 saturated carbocycles. The van der Waals surface area contributed by atoms with Crippen LogP contribution >= 0.6 is 11.3 Å². The minimum atomic E-state index is -0.333. The molecule has 2 fully saturated rings. The van der Waals surface area contributed by atoms with Crippen LogP contribution in [0.15, 0.2) is 42.0 Å². The molecule has 0 atom stereocenters. The number of anilines is 3. The third-order valence-electron chi connectivity index (χ3n) is 6.83. The highest BCUT2D eigenvalue weighted by atomic mass is 32.1. The van der Waals surface area contributed by atoms with E-state index in [-0.39, 0.29) is 22.9 Å². The number of piperazine rings is 1. The average Bonchev–Trinajstić information content (AvgIpc) is 3.52. The average molecular weight is 521 g/mol. The zero-order valence-electron chi connectivity index (χ0n) is 20.5. The molecular formula is C26H28N6O4S. The Bertz CT molecular complexity index is 1330. The van der Waals surface area contributed by atoms with Gasteiger partial charge in [-0.15, -0.1) is 11.3 Å². The maximum absolute atomic E-state index is 13.1. The van der Waals surface area contributed by atoms with Crippen LogP contribution in [-0.4, -0.2) is 67.8 Å². The van der Waals surface area contributed by atoms with E-state index >= 15 is 0 Å². The molecule has 0 aliphatic carbocycles. The quantitative estimate of drug-likeness (QED) is 0.490. The Hall–Kier alpha value is -3.54. The van der Waals surface area contributed by atoms with Crippen molar-refractivity contribution in [1.29, 1.82) is 0 Å². The fourth-order valence-electron chi connectivity index (χ4n) is 4.68. The number of nitrogens with zero attached hydrogens (tertiary/aromatic N) is 4. The van der Waals surface area contributed by atoms with Gasteiger partial charge < -0.3 is 25.0 Å². The Morgan fingerprint density at radius 2 is 2.11 bits per heavy atom. The molecule has 2 N–H and O–H groups in total. The van der Waals surface area contributed by atoms with Gasteiger partial charge in [0.05, 0.1) is 43.9 Å². The molecule has 192 valence electrons. The van der Waals surface area contributed by atoms with E-state index < -0.39 is 0 Å². The lowest BCUT2D eigenvalue weighted by Gasteiger charge is -2.37. The molecule has 2 saturated heterocycles. The van der Waals surface area contributed by atoms with Gasteiger partial charge in [-0.3, -0.25) is 19.5 Å². The first-order chi connectivity index (χ1) is 18.0. The van der Waals surface area contributed by atoms with Crippen molar-refractivity contribution in [2.75, 3.05) is 61.1 Å². The fourth-order valence-corrected chi connectivity index (χ4v) is 5.48. The summed E-state index contributed by atoms with van der Waals surface area (Å²) in [5.41, 5.74) is 3.39. The van der Waals surface area contributed by atoms with Crippen molar-refractivity contribution >= 4 is 39.7 Å². The third kappa shape index (κ3) is 4.77. The Kier molecular flexibility index (Phi) is 6.27. The van der Waals surface area contributed by atoms with E-state index in [4.69, 9.17) is 9.47 Å². The summed E-state index contributed by atoms with van der Waals surface area (Å²) in [5.74, 6) is 0.271. The van der Waals surface area contributed by atoms with Crippen LogP contribution in [0.25, 0.3) is 0 Å². The molecule has 37 heavy (non-hydrogen) atoms. The number of hydrogen-bond acceptors (Lipinski definition) is 9. The first-order valence-corrected chi connectivity index (χ1v) is 13.2. The summed E-state index contributed by atoms with van der Waals surface area (Å²) >= 11 is 1.27. The highest BCUT2D eigenvalue weighted by molar-refractivity contribution is 7.14. The standard InChI is InChI=1S/C26H28N6O4S/c1-26(14-35-15-26)16-36-18-2-3-19-17(10-18)12-32(24(19)34)25-30-21(13-37-25)23(33)29-20-11-28-5-4-22(20)31-8-6-27-7-9-31/h2-5,10-11,13,27H,6-9,12,14-16H2,1H3,(H,29,33). The van der Waals surface area contributed by atoms with Gasteiger partial charge in [0.15, 0.2) is 5.13 Å². The molecule has 10 nitrogen and oxygen atoms in total. The highest BCUT2D eigenvalue weighted by Gasteiger charge is 2.35. The number of nitrogens with one attached hydrogen (secondary N) is 2.